The van der Waals surface area contributed by atoms with Gasteiger partial charge in [0.05, 0.1) is 12.8 Å². The fraction of sp³-hybridized carbons (Fsp3) is 0.545. The lowest BCUT2D eigenvalue weighted by molar-refractivity contribution is 0.0881. The third kappa shape index (κ3) is 2.67. The summed E-state index contributed by atoms with van der Waals surface area (Å²) >= 11 is 0. The number of piperidine rings is 1. The number of hydrogen-bond acceptors (Lipinski definition) is 4. The van der Waals surface area contributed by atoms with Gasteiger partial charge in [0.25, 0.3) is 0 Å². The molecule has 1 aliphatic rings. The van der Waals surface area contributed by atoms with E-state index in [0.717, 1.165) is 25.9 Å². The van der Waals surface area contributed by atoms with Crippen LogP contribution in [0, 0.1) is 0 Å². The minimum Gasteiger partial charge on any atom is -0.461 e. The third-order valence-electron chi connectivity index (χ3n) is 2.71. The van der Waals surface area contributed by atoms with E-state index in [4.69, 9.17) is 10.2 Å². The topological polar surface area (TPSA) is 59.5 Å². The highest BCUT2D eigenvalue weighted by molar-refractivity contribution is 5.94. The number of furan rings is 1. The van der Waals surface area contributed by atoms with E-state index in [1.165, 1.54) is 6.26 Å². The molecule has 4 heteroatoms. The van der Waals surface area contributed by atoms with Gasteiger partial charge in [-0.1, -0.05) is 0 Å². The zero-order valence-electron chi connectivity index (χ0n) is 8.69. The summed E-state index contributed by atoms with van der Waals surface area (Å²) in [6.45, 7) is 2.19. The minimum atomic E-state index is 0.0362. The highest BCUT2D eigenvalue weighted by Gasteiger charge is 2.20. The Morgan fingerprint density at radius 1 is 1.67 bits per heavy atom. The van der Waals surface area contributed by atoms with E-state index in [1.54, 1.807) is 12.1 Å². The van der Waals surface area contributed by atoms with Gasteiger partial charge in [-0.3, -0.25) is 9.69 Å². The van der Waals surface area contributed by atoms with Crippen LogP contribution < -0.4 is 5.73 Å². The first-order valence-corrected chi connectivity index (χ1v) is 5.30. The summed E-state index contributed by atoms with van der Waals surface area (Å²) in [5.41, 5.74) is 5.84. The van der Waals surface area contributed by atoms with Gasteiger partial charge in [-0.25, -0.2) is 0 Å². The van der Waals surface area contributed by atoms with Crippen molar-refractivity contribution in [3.63, 3.8) is 0 Å². The average Bonchev–Trinajstić information content (AvgIpc) is 2.70. The van der Waals surface area contributed by atoms with E-state index in [2.05, 4.69) is 4.90 Å². The number of rotatable bonds is 3. The van der Waals surface area contributed by atoms with Crippen molar-refractivity contribution in [3.8, 4) is 0 Å². The molecule has 0 radical (unpaired) electrons. The maximum absolute atomic E-state index is 11.7. The Hall–Kier alpha value is -1.13. The lowest BCUT2D eigenvalue weighted by Gasteiger charge is -2.29. The number of Topliss-reactive ketones (excluding diaryl/α,β-unsaturated/α-hetero) is 1. The van der Waals surface area contributed by atoms with Crippen LogP contribution in [-0.4, -0.2) is 36.4 Å². The first-order valence-electron chi connectivity index (χ1n) is 5.30. The molecule has 15 heavy (non-hydrogen) atoms. The summed E-state index contributed by atoms with van der Waals surface area (Å²) in [4.78, 5) is 13.8. The molecule has 2 N–H and O–H groups in total. The van der Waals surface area contributed by atoms with Crippen molar-refractivity contribution in [1.29, 1.82) is 0 Å². The molecule has 0 spiro atoms. The average molecular weight is 208 g/mol. The van der Waals surface area contributed by atoms with Crippen LogP contribution in [0.25, 0.3) is 0 Å². The number of carbonyl (C=O) groups is 1. The molecule has 0 amide bonds. The van der Waals surface area contributed by atoms with Crippen LogP contribution in [0.15, 0.2) is 22.8 Å². The van der Waals surface area contributed by atoms with Gasteiger partial charge in [0.2, 0.25) is 5.78 Å². The van der Waals surface area contributed by atoms with E-state index in [-0.39, 0.29) is 11.8 Å². The number of nitrogens with two attached hydrogens (primary N) is 1. The molecule has 0 bridgehead atoms. The number of ketones is 1. The van der Waals surface area contributed by atoms with Gasteiger partial charge >= 0.3 is 0 Å². The Balaban J connectivity index is 1.89. The Labute approximate surface area is 89.0 Å². The number of likely N-dealkylation sites (tertiary alicyclic amines) is 1. The van der Waals surface area contributed by atoms with E-state index in [0.29, 0.717) is 12.3 Å². The van der Waals surface area contributed by atoms with Gasteiger partial charge in [-0.05, 0) is 31.5 Å². The van der Waals surface area contributed by atoms with Crippen molar-refractivity contribution < 1.29 is 9.21 Å². The third-order valence-corrected chi connectivity index (χ3v) is 2.71. The SMILES string of the molecule is N[C@H]1CCCN(CC(=O)c2ccco2)C1. The molecule has 1 aliphatic heterocycles. The summed E-state index contributed by atoms with van der Waals surface area (Å²) in [5.74, 6) is 0.475. The fourth-order valence-electron chi connectivity index (χ4n) is 1.95. The number of hydrogen-bond donors (Lipinski definition) is 1. The zero-order valence-corrected chi connectivity index (χ0v) is 8.69. The molecule has 82 valence electrons. The van der Waals surface area contributed by atoms with Crippen LogP contribution in [0.2, 0.25) is 0 Å². The molecule has 0 saturated carbocycles. The Morgan fingerprint density at radius 3 is 3.20 bits per heavy atom. The fourth-order valence-corrected chi connectivity index (χ4v) is 1.95. The molecule has 2 rings (SSSR count). The van der Waals surface area contributed by atoms with Gasteiger partial charge in [0.15, 0.2) is 5.76 Å². The molecule has 1 fully saturated rings. The lowest BCUT2D eigenvalue weighted by Crippen LogP contribution is -2.44. The van der Waals surface area contributed by atoms with Crippen LogP contribution in [0.3, 0.4) is 0 Å². The molecular formula is C11H16N2O2. The quantitative estimate of drug-likeness (QED) is 0.749. The van der Waals surface area contributed by atoms with Crippen molar-refractivity contribution in [2.75, 3.05) is 19.6 Å². The lowest BCUT2D eigenvalue weighted by atomic mass is 10.1. The second-order valence-corrected chi connectivity index (χ2v) is 4.04. The van der Waals surface area contributed by atoms with Crippen molar-refractivity contribution in [1.82, 2.24) is 4.90 Å². The minimum absolute atomic E-state index is 0.0362. The van der Waals surface area contributed by atoms with Gasteiger partial charge in [-0.2, -0.15) is 0 Å². The first kappa shape index (κ1) is 10.4. The predicted octanol–water partition coefficient (Wildman–Crippen LogP) is 0.885. The van der Waals surface area contributed by atoms with Crippen LogP contribution >= 0.6 is 0 Å². The Kier molecular flexibility index (Phi) is 3.18. The second-order valence-electron chi connectivity index (χ2n) is 4.04. The van der Waals surface area contributed by atoms with Crippen LogP contribution in [0.4, 0.5) is 0 Å². The summed E-state index contributed by atoms with van der Waals surface area (Å²) < 4.78 is 5.06. The molecular weight excluding hydrogens is 192 g/mol. The van der Waals surface area contributed by atoms with Crippen LogP contribution in [-0.2, 0) is 0 Å². The monoisotopic (exact) mass is 208 g/mol. The number of nitrogens with zero attached hydrogens (tertiary/aromatic N) is 1. The van der Waals surface area contributed by atoms with E-state index >= 15 is 0 Å². The van der Waals surface area contributed by atoms with Crippen molar-refractivity contribution >= 4 is 5.78 Å². The van der Waals surface area contributed by atoms with Gasteiger partial charge in [-0.15, -0.1) is 0 Å². The summed E-state index contributed by atoms with van der Waals surface area (Å²) in [5, 5.41) is 0. The maximum atomic E-state index is 11.7. The van der Waals surface area contributed by atoms with Crippen molar-refractivity contribution in [2.24, 2.45) is 5.73 Å². The summed E-state index contributed by atoms with van der Waals surface area (Å²) in [6.07, 6.45) is 3.66. The summed E-state index contributed by atoms with van der Waals surface area (Å²) in [6, 6.07) is 3.64. The number of carbonyl (C=O) groups excluding carboxylic acids is 1. The molecule has 0 aromatic carbocycles. The van der Waals surface area contributed by atoms with Crippen molar-refractivity contribution in [2.45, 2.75) is 18.9 Å². The standard InChI is InChI=1S/C11H16N2O2/c12-9-3-1-5-13(7-9)8-10(14)11-4-2-6-15-11/h2,4,6,9H,1,3,5,7-8,12H2/t9-/m0/s1. The second kappa shape index (κ2) is 4.59. The van der Waals surface area contributed by atoms with E-state index in [9.17, 15) is 4.79 Å². The molecule has 2 heterocycles. The largest absolute Gasteiger partial charge is 0.461 e. The molecule has 1 saturated heterocycles. The molecule has 1 aromatic rings. The van der Waals surface area contributed by atoms with Crippen LogP contribution in [0.5, 0.6) is 0 Å². The molecule has 4 nitrogen and oxygen atoms in total. The Bertz CT molecular complexity index is 321. The molecule has 0 aliphatic carbocycles. The molecule has 1 atom stereocenters. The van der Waals surface area contributed by atoms with E-state index in [1.807, 2.05) is 0 Å². The molecule has 0 unspecified atom stereocenters. The van der Waals surface area contributed by atoms with Gasteiger partial charge in [0, 0.05) is 12.6 Å². The maximum Gasteiger partial charge on any atom is 0.211 e. The molecule has 1 aromatic heterocycles. The van der Waals surface area contributed by atoms with E-state index < -0.39 is 0 Å². The van der Waals surface area contributed by atoms with Gasteiger partial charge in [0.1, 0.15) is 0 Å². The predicted molar refractivity (Wildman–Crippen MR) is 56.7 cm³/mol. The highest BCUT2D eigenvalue weighted by atomic mass is 16.3. The smallest absolute Gasteiger partial charge is 0.211 e. The normalized spacial score (nSPS) is 22.9. The van der Waals surface area contributed by atoms with Crippen LogP contribution in [0.1, 0.15) is 23.4 Å². The Morgan fingerprint density at radius 2 is 2.53 bits per heavy atom. The first-order chi connectivity index (χ1) is 7.25. The van der Waals surface area contributed by atoms with Gasteiger partial charge < -0.3 is 10.2 Å². The zero-order chi connectivity index (χ0) is 10.7. The van der Waals surface area contributed by atoms with Crippen molar-refractivity contribution in [3.05, 3.63) is 24.2 Å². The highest BCUT2D eigenvalue weighted by Crippen LogP contribution is 2.10. The summed E-state index contributed by atoms with van der Waals surface area (Å²) in [7, 11) is 0.